The normalized spacial score (nSPS) is 14.0. The molecule has 0 fully saturated rings. The van der Waals surface area contributed by atoms with E-state index in [-0.39, 0.29) is 0 Å². The van der Waals surface area contributed by atoms with E-state index in [2.05, 4.69) is 4.98 Å². The monoisotopic (exact) mass is 418 g/mol. The number of nitrogens with zero attached hydrogens (tertiary/aromatic N) is 2. The quantitative estimate of drug-likeness (QED) is 0.570. The number of fused-ring (bicyclic) bond motifs is 1. The van der Waals surface area contributed by atoms with Crippen LogP contribution in [0.2, 0.25) is 0 Å². The van der Waals surface area contributed by atoms with Crippen molar-refractivity contribution in [1.29, 1.82) is 0 Å². The lowest BCUT2D eigenvalue weighted by Crippen LogP contribution is -2.30. The Kier molecular flexibility index (Phi) is 5.00. The van der Waals surface area contributed by atoms with Gasteiger partial charge in [-0.05, 0) is 37.3 Å². The molecule has 0 saturated heterocycles. The first-order chi connectivity index (χ1) is 12.5. The van der Waals surface area contributed by atoms with E-state index < -0.39 is 38.5 Å². The van der Waals surface area contributed by atoms with Crippen LogP contribution >= 0.6 is 11.3 Å². The van der Waals surface area contributed by atoms with Crippen LogP contribution in [0.1, 0.15) is 23.5 Å². The zero-order valence-electron chi connectivity index (χ0n) is 14.2. The maximum absolute atomic E-state index is 13.5. The summed E-state index contributed by atoms with van der Waals surface area (Å²) >= 11 is 1.30. The summed E-state index contributed by atoms with van der Waals surface area (Å²) in [4.78, 5) is 3.75. The number of hydrogen-bond donors (Lipinski definition) is 0. The van der Waals surface area contributed by atoms with Crippen molar-refractivity contribution in [3.8, 4) is 0 Å². The first-order valence-corrected chi connectivity index (χ1v) is 9.97. The highest BCUT2D eigenvalue weighted by molar-refractivity contribution is 7.89. The van der Waals surface area contributed by atoms with Crippen molar-refractivity contribution in [1.82, 2.24) is 9.29 Å². The van der Waals surface area contributed by atoms with Crippen LogP contribution in [0.25, 0.3) is 10.2 Å². The van der Waals surface area contributed by atoms with Gasteiger partial charge >= 0.3 is 6.18 Å². The molecule has 1 atom stereocenters. The van der Waals surface area contributed by atoms with E-state index >= 15 is 0 Å². The molecule has 2 aromatic carbocycles. The number of aromatic nitrogens is 1. The minimum atomic E-state index is -4.99. The number of halogens is 4. The van der Waals surface area contributed by atoms with Crippen molar-refractivity contribution in [3.05, 3.63) is 58.9 Å². The molecule has 0 unspecified atom stereocenters. The van der Waals surface area contributed by atoms with Gasteiger partial charge in [-0.15, -0.1) is 11.3 Å². The molecule has 1 heterocycles. The zero-order valence-corrected chi connectivity index (χ0v) is 15.8. The lowest BCUT2D eigenvalue weighted by Gasteiger charge is -2.23. The molecule has 0 radical (unpaired) electrons. The number of hydrogen-bond acceptors (Lipinski definition) is 4. The molecule has 0 aliphatic rings. The van der Waals surface area contributed by atoms with Gasteiger partial charge in [-0.3, -0.25) is 0 Å². The molecule has 0 spiro atoms. The van der Waals surface area contributed by atoms with E-state index in [0.717, 1.165) is 15.1 Å². The second-order valence-corrected chi connectivity index (χ2v) is 8.92. The molecule has 0 amide bonds. The fourth-order valence-electron chi connectivity index (χ4n) is 2.48. The van der Waals surface area contributed by atoms with Crippen LogP contribution in [0.4, 0.5) is 17.6 Å². The lowest BCUT2D eigenvalue weighted by molar-refractivity contribution is -0.140. The number of sulfonamides is 1. The second-order valence-electron chi connectivity index (χ2n) is 5.86. The fourth-order valence-corrected chi connectivity index (χ4v) is 4.97. The van der Waals surface area contributed by atoms with E-state index in [9.17, 15) is 26.0 Å². The SMILES string of the molecule is C[C@H](c1nc2ccccc2s1)N(C)S(=O)(=O)c1ccc(F)c(C(F)(F)F)c1. The van der Waals surface area contributed by atoms with Crippen LogP contribution in [0.5, 0.6) is 0 Å². The third kappa shape index (κ3) is 3.69. The molecule has 27 heavy (non-hydrogen) atoms. The van der Waals surface area contributed by atoms with Gasteiger partial charge in [0.1, 0.15) is 10.8 Å². The maximum Gasteiger partial charge on any atom is 0.419 e. The van der Waals surface area contributed by atoms with Crippen LogP contribution in [0.15, 0.2) is 47.4 Å². The summed E-state index contributed by atoms with van der Waals surface area (Å²) in [7, 11) is -3.04. The van der Waals surface area contributed by atoms with E-state index in [1.807, 2.05) is 12.1 Å². The average Bonchev–Trinajstić information content (AvgIpc) is 3.03. The first kappa shape index (κ1) is 19.7. The van der Waals surface area contributed by atoms with Gasteiger partial charge in [-0.1, -0.05) is 12.1 Å². The first-order valence-electron chi connectivity index (χ1n) is 7.72. The van der Waals surface area contributed by atoms with Gasteiger partial charge in [-0.25, -0.2) is 17.8 Å². The second kappa shape index (κ2) is 6.84. The molecule has 0 bridgehead atoms. The summed E-state index contributed by atoms with van der Waals surface area (Å²) in [5.74, 6) is -1.52. The average molecular weight is 418 g/mol. The van der Waals surface area contributed by atoms with Crippen LogP contribution in [-0.2, 0) is 16.2 Å². The Hall–Kier alpha value is -2.04. The molecule has 0 N–H and O–H groups in total. The Morgan fingerprint density at radius 3 is 2.44 bits per heavy atom. The Labute approximate surface area is 157 Å². The molecular formula is C17H14F4N2O2S2. The number of alkyl halides is 3. The topological polar surface area (TPSA) is 50.3 Å². The number of benzene rings is 2. The highest BCUT2D eigenvalue weighted by Crippen LogP contribution is 2.35. The summed E-state index contributed by atoms with van der Waals surface area (Å²) in [6.45, 7) is 1.59. The summed E-state index contributed by atoms with van der Waals surface area (Å²) < 4.78 is 79.5. The summed E-state index contributed by atoms with van der Waals surface area (Å²) in [5.41, 5.74) is -0.916. The zero-order chi connectivity index (χ0) is 20.0. The van der Waals surface area contributed by atoms with Crippen molar-refractivity contribution in [2.75, 3.05) is 7.05 Å². The van der Waals surface area contributed by atoms with E-state index in [1.54, 1.807) is 19.1 Å². The van der Waals surface area contributed by atoms with Crippen LogP contribution in [0, 0.1) is 5.82 Å². The highest BCUT2D eigenvalue weighted by atomic mass is 32.2. The molecule has 3 aromatic rings. The van der Waals surface area contributed by atoms with Crippen LogP contribution in [-0.4, -0.2) is 24.8 Å². The third-order valence-electron chi connectivity index (χ3n) is 4.13. The molecule has 4 nitrogen and oxygen atoms in total. The Bertz CT molecular complexity index is 1060. The van der Waals surface area contributed by atoms with Gasteiger partial charge < -0.3 is 0 Å². The predicted molar refractivity (Wildman–Crippen MR) is 94.4 cm³/mol. The maximum atomic E-state index is 13.5. The molecule has 144 valence electrons. The Balaban J connectivity index is 1.98. The summed E-state index contributed by atoms with van der Waals surface area (Å²) in [5, 5.41) is 0.500. The number of para-hydroxylation sites is 1. The van der Waals surface area contributed by atoms with Crippen molar-refractivity contribution in [2.24, 2.45) is 0 Å². The molecule has 0 aliphatic heterocycles. The van der Waals surface area contributed by atoms with E-state index in [4.69, 9.17) is 0 Å². The largest absolute Gasteiger partial charge is 0.419 e. The smallest absolute Gasteiger partial charge is 0.239 e. The van der Waals surface area contributed by atoms with Gasteiger partial charge in [0, 0.05) is 7.05 Å². The van der Waals surface area contributed by atoms with Crippen molar-refractivity contribution < 1.29 is 26.0 Å². The van der Waals surface area contributed by atoms with E-state index in [1.165, 1.54) is 18.4 Å². The van der Waals surface area contributed by atoms with Crippen LogP contribution < -0.4 is 0 Å². The molecule has 0 saturated carbocycles. The van der Waals surface area contributed by atoms with Crippen molar-refractivity contribution in [3.63, 3.8) is 0 Å². The summed E-state index contributed by atoms with van der Waals surface area (Å²) in [6.07, 6.45) is -4.99. The van der Waals surface area contributed by atoms with E-state index in [0.29, 0.717) is 22.7 Å². The predicted octanol–water partition coefficient (Wildman–Crippen LogP) is 4.84. The Morgan fingerprint density at radius 1 is 1.15 bits per heavy atom. The number of thiazole rings is 1. The van der Waals surface area contributed by atoms with Gasteiger partial charge in [-0.2, -0.15) is 17.5 Å². The molecule has 10 heteroatoms. The summed E-state index contributed by atoms with van der Waals surface area (Å²) in [6, 6.07) is 8.17. The highest BCUT2D eigenvalue weighted by Gasteiger charge is 2.36. The Morgan fingerprint density at radius 2 is 1.81 bits per heavy atom. The van der Waals surface area contributed by atoms with Gasteiger partial charge in [0.2, 0.25) is 10.0 Å². The van der Waals surface area contributed by atoms with Crippen LogP contribution in [0.3, 0.4) is 0 Å². The molecule has 1 aromatic heterocycles. The fraction of sp³-hybridized carbons (Fsp3) is 0.235. The van der Waals surface area contributed by atoms with Crippen molar-refractivity contribution in [2.45, 2.75) is 24.0 Å². The van der Waals surface area contributed by atoms with Gasteiger partial charge in [0.25, 0.3) is 0 Å². The molecule has 3 rings (SSSR count). The standard InChI is InChI=1S/C17H14F4N2O2S2/c1-10(16-22-14-5-3-4-6-15(14)26-16)23(2)27(24,25)11-7-8-13(18)12(9-11)17(19,20)21/h3-10H,1-2H3/t10-/m1/s1. The minimum absolute atomic E-state index is 0.312. The van der Waals surface area contributed by atoms with Crippen molar-refractivity contribution >= 4 is 31.6 Å². The molecular weight excluding hydrogens is 404 g/mol. The lowest BCUT2D eigenvalue weighted by atomic mass is 10.2. The molecule has 0 aliphatic carbocycles. The van der Waals surface area contributed by atoms with Gasteiger partial charge in [0.15, 0.2) is 0 Å². The third-order valence-corrected chi connectivity index (χ3v) is 7.26. The van der Waals surface area contributed by atoms with Gasteiger partial charge in [0.05, 0.1) is 26.7 Å². The number of rotatable bonds is 4. The minimum Gasteiger partial charge on any atom is -0.239 e.